The number of ketones is 1. The molecule has 0 fully saturated rings. The fourth-order valence-electron chi connectivity index (χ4n) is 7.92. The number of aryl methyl sites for hydroxylation is 2. The Hall–Kier alpha value is -5.30. The SMILES string of the molecule is CCN1/C(=C/C=C/C=C/C2=[N+](CCCCCC(=O)CCc3ccc(COc4nccc(N)n4)cc3)c3ccc(C)cc3C2(C)C)C(C)(C)c2ccccc21. The maximum absolute atomic E-state index is 12.8. The quantitative estimate of drug-likeness (QED) is 0.0704. The molecule has 0 radical (unpaired) electrons. The fourth-order valence-corrected chi connectivity index (χ4v) is 7.92. The molecule has 54 heavy (non-hydrogen) atoms. The van der Waals surface area contributed by atoms with Crippen molar-refractivity contribution in [1.29, 1.82) is 0 Å². The molecule has 1 aromatic heterocycles. The first-order valence-corrected chi connectivity index (χ1v) is 19.5. The Labute approximate surface area is 322 Å². The highest BCUT2D eigenvalue weighted by Gasteiger charge is 2.44. The summed E-state index contributed by atoms with van der Waals surface area (Å²) >= 11 is 0. The topological polar surface area (TPSA) is 84.3 Å². The Kier molecular flexibility index (Phi) is 12.0. The number of allylic oxidation sites excluding steroid dienone is 6. The van der Waals surface area contributed by atoms with Crippen LogP contribution in [0.1, 0.15) is 94.5 Å². The van der Waals surface area contributed by atoms with Gasteiger partial charge in [-0.15, -0.1) is 0 Å². The number of likely N-dealkylation sites (N-methyl/N-ethyl adjacent to an activating group) is 1. The number of hydrogen-bond acceptors (Lipinski definition) is 6. The normalized spacial score (nSPS) is 16.5. The number of Topliss-reactive ketones (excluding diaryl/α,β-unsaturated/α-hetero) is 1. The maximum Gasteiger partial charge on any atom is 0.318 e. The highest BCUT2D eigenvalue weighted by Crippen LogP contribution is 2.47. The second-order valence-corrected chi connectivity index (χ2v) is 15.6. The Morgan fingerprint density at radius 2 is 1.65 bits per heavy atom. The number of fused-ring (bicyclic) bond motifs is 2. The number of unbranched alkanes of at least 4 members (excludes halogenated alkanes) is 2. The van der Waals surface area contributed by atoms with Crippen LogP contribution in [-0.4, -0.2) is 39.1 Å². The largest absolute Gasteiger partial charge is 0.459 e. The smallest absolute Gasteiger partial charge is 0.318 e. The Balaban J connectivity index is 1.02. The van der Waals surface area contributed by atoms with Crippen molar-refractivity contribution in [1.82, 2.24) is 9.97 Å². The van der Waals surface area contributed by atoms with Gasteiger partial charge in [0.05, 0.1) is 5.41 Å². The molecule has 0 saturated carbocycles. The number of rotatable bonds is 16. The molecule has 7 heteroatoms. The molecule has 3 heterocycles. The summed E-state index contributed by atoms with van der Waals surface area (Å²) in [6, 6.07) is 25.7. The van der Waals surface area contributed by atoms with Gasteiger partial charge in [-0.3, -0.25) is 4.79 Å². The highest BCUT2D eigenvalue weighted by atomic mass is 16.5. The third-order valence-corrected chi connectivity index (χ3v) is 11.0. The monoisotopic (exact) mass is 722 g/mol. The van der Waals surface area contributed by atoms with Crippen molar-refractivity contribution in [3.05, 3.63) is 143 Å². The summed E-state index contributed by atoms with van der Waals surface area (Å²) in [5, 5.41) is 0. The number of benzene rings is 3. The predicted molar refractivity (Wildman–Crippen MR) is 222 cm³/mol. The lowest BCUT2D eigenvalue weighted by Gasteiger charge is -2.25. The second kappa shape index (κ2) is 16.8. The molecule has 2 N–H and O–H groups in total. The highest BCUT2D eigenvalue weighted by molar-refractivity contribution is 6.03. The van der Waals surface area contributed by atoms with E-state index in [0.29, 0.717) is 31.0 Å². The van der Waals surface area contributed by atoms with Crippen LogP contribution in [0.5, 0.6) is 6.01 Å². The number of ether oxygens (including phenoxy) is 1. The molecule has 7 nitrogen and oxygen atoms in total. The van der Waals surface area contributed by atoms with Crippen LogP contribution in [0.4, 0.5) is 17.2 Å². The van der Waals surface area contributed by atoms with Crippen molar-refractivity contribution in [2.45, 2.75) is 97.5 Å². The molecular formula is C47H56N5O2+. The van der Waals surface area contributed by atoms with Gasteiger partial charge in [0.2, 0.25) is 5.69 Å². The average Bonchev–Trinajstić information content (AvgIpc) is 3.51. The number of anilines is 2. The van der Waals surface area contributed by atoms with Crippen LogP contribution >= 0.6 is 0 Å². The Bertz CT molecular complexity index is 2090. The summed E-state index contributed by atoms with van der Waals surface area (Å²) in [5.41, 5.74) is 17.0. The summed E-state index contributed by atoms with van der Waals surface area (Å²) in [6.07, 6.45) is 17.6. The van der Waals surface area contributed by atoms with E-state index in [9.17, 15) is 4.79 Å². The van der Waals surface area contributed by atoms with Crippen molar-refractivity contribution in [2.24, 2.45) is 0 Å². The van der Waals surface area contributed by atoms with Crippen molar-refractivity contribution in [3.8, 4) is 6.01 Å². The molecule has 0 bridgehead atoms. The van der Waals surface area contributed by atoms with Gasteiger partial charge in [0.25, 0.3) is 0 Å². The molecule has 4 aromatic rings. The molecule has 0 aliphatic carbocycles. The van der Waals surface area contributed by atoms with Crippen LogP contribution in [0.3, 0.4) is 0 Å². The number of carbonyl (C=O) groups excluding carboxylic acids is 1. The van der Waals surface area contributed by atoms with Crippen molar-refractivity contribution in [3.63, 3.8) is 0 Å². The minimum atomic E-state index is -0.107. The number of para-hydroxylation sites is 1. The molecule has 280 valence electrons. The van der Waals surface area contributed by atoms with E-state index >= 15 is 0 Å². The van der Waals surface area contributed by atoms with E-state index in [2.05, 4.69) is 146 Å². The summed E-state index contributed by atoms with van der Waals surface area (Å²) in [6.45, 7) is 15.9. The third kappa shape index (κ3) is 8.57. The van der Waals surface area contributed by atoms with Crippen molar-refractivity contribution >= 4 is 28.7 Å². The van der Waals surface area contributed by atoms with Crippen molar-refractivity contribution < 1.29 is 14.1 Å². The summed E-state index contributed by atoms with van der Waals surface area (Å²) in [5.74, 6) is 0.706. The third-order valence-electron chi connectivity index (χ3n) is 11.0. The van der Waals surface area contributed by atoms with Gasteiger partial charge in [-0.25, -0.2) is 4.98 Å². The van der Waals surface area contributed by atoms with Gasteiger partial charge in [-0.2, -0.15) is 9.56 Å². The maximum atomic E-state index is 12.8. The Morgan fingerprint density at radius 1 is 0.870 bits per heavy atom. The molecular weight excluding hydrogens is 667 g/mol. The van der Waals surface area contributed by atoms with Crippen LogP contribution in [-0.2, 0) is 28.7 Å². The van der Waals surface area contributed by atoms with E-state index in [1.807, 2.05) is 12.1 Å². The van der Waals surface area contributed by atoms with Crippen LogP contribution in [0.25, 0.3) is 0 Å². The van der Waals surface area contributed by atoms with Crippen molar-refractivity contribution in [2.75, 3.05) is 23.7 Å². The van der Waals surface area contributed by atoms with Crippen LogP contribution in [0.2, 0.25) is 0 Å². The first-order chi connectivity index (χ1) is 26.0. The Morgan fingerprint density at radius 3 is 2.43 bits per heavy atom. The van der Waals surface area contributed by atoms with Gasteiger partial charge in [0.1, 0.15) is 24.8 Å². The minimum Gasteiger partial charge on any atom is -0.459 e. The minimum absolute atomic E-state index is 0.0390. The first kappa shape index (κ1) is 38.4. The standard InChI is InChI=1S/C47H56N5O2/c1-7-51-40-18-14-13-17-38(40)46(3,4)42(51)19-11-8-12-20-43-47(5,6)39-32-34(2)21-28-41(39)52(43)31-15-9-10-16-37(53)27-26-35-22-24-36(25-23-35)33-54-45-49-30-29-44(48)50-45/h8,11-14,17-25,28-30,32H,7,9-10,15-16,26-27,31,33H2,1-6H3,(H2,48,49,50)/q+1. The van der Waals surface area contributed by atoms with Gasteiger partial charge >= 0.3 is 6.01 Å². The number of aromatic nitrogens is 2. The lowest BCUT2D eigenvalue weighted by atomic mass is 9.81. The van der Waals surface area contributed by atoms with Gasteiger partial charge in [0, 0.05) is 66.5 Å². The molecule has 6 rings (SSSR count). The number of nitrogens with two attached hydrogens (primary N) is 1. The second-order valence-electron chi connectivity index (χ2n) is 15.6. The van der Waals surface area contributed by atoms with Gasteiger partial charge in [-0.05, 0) is 87.9 Å². The molecule has 0 saturated heterocycles. The lowest BCUT2D eigenvalue weighted by molar-refractivity contribution is -0.438. The molecule has 0 amide bonds. The average molecular weight is 723 g/mol. The van der Waals surface area contributed by atoms with Crippen LogP contribution in [0.15, 0.2) is 115 Å². The van der Waals surface area contributed by atoms with Crippen LogP contribution in [0, 0.1) is 6.92 Å². The van der Waals surface area contributed by atoms with E-state index in [4.69, 9.17) is 10.5 Å². The summed E-state index contributed by atoms with van der Waals surface area (Å²) in [4.78, 5) is 23.4. The molecule has 0 atom stereocenters. The van der Waals surface area contributed by atoms with E-state index in [-0.39, 0.29) is 16.8 Å². The number of nitrogen functional groups attached to an aromatic ring is 1. The fraction of sp³-hybridized carbons (Fsp3) is 0.362. The number of hydrogen-bond donors (Lipinski definition) is 1. The zero-order valence-electron chi connectivity index (χ0n) is 32.9. The lowest BCUT2D eigenvalue weighted by Crippen LogP contribution is -2.28. The van der Waals surface area contributed by atoms with E-state index in [1.54, 1.807) is 12.3 Å². The van der Waals surface area contributed by atoms with Gasteiger partial charge in [0.15, 0.2) is 5.71 Å². The molecule has 2 aliphatic rings. The zero-order valence-corrected chi connectivity index (χ0v) is 32.9. The number of nitrogens with zero attached hydrogens (tertiary/aromatic N) is 4. The van der Waals surface area contributed by atoms with Gasteiger partial charge < -0.3 is 15.4 Å². The van der Waals surface area contributed by atoms with Crippen LogP contribution < -0.4 is 15.4 Å². The van der Waals surface area contributed by atoms with Gasteiger partial charge in [-0.1, -0.05) is 86.2 Å². The molecule has 2 aliphatic heterocycles. The summed E-state index contributed by atoms with van der Waals surface area (Å²) in [7, 11) is 0. The molecule has 0 spiro atoms. The van der Waals surface area contributed by atoms with E-state index in [1.165, 1.54) is 39.5 Å². The number of carbonyl (C=O) groups is 1. The molecule has 3 aromatic carbocycles. The van der Waals surface area contributed by atoms with E-state index < -0.39 is 0 Å². The van der Waals surface area contributed by atoms with E-state index in [0.717, 1.165) is 49.9 Å². The first-order valence-electron chi connectivity index (χ1n) is 19.5. The molecule has 0 unspecified atom stereocenters. The zero-order chi connectivity index (χ0) is 38.3. The summed E-state index contributed by atoms with van der Waals surface area (Å²) < 4.78 is 8.14. The predicted octanol–water partition coefficient (Wildman–Crippen LogP) is 9.90.